The fourth-order valence-electron chi connectivity index (χ4n) is 4.98. The van der Waals surface area contributed by atoms with Crippen molar-refractivity contribution in [2.75, 3.05) is 28.4 Å². The van der Waals surface area contributed by atoms with Crippen LogP contribution in [-0.2, 0) is 4.79 Å². The van der Waals surface area contributed by atoms with Gasteiger partial charge in [0.15, 0.2) is 5.78 Å². The highest BCUT2D eigenvalue weighted by atomic mass is 16.5. The second kappa shape index (κ2) is 11.8. The van der Waals surface area contributed by atoms with Gasteiger partial charge in [-0.25, -0.2) is 0 Å². The summed E-state index contributed by atoms with van der Waals surface area (Å²) in [6, 6.07) is 15.6. The molecule has 4 rings (SSSR count). The van der Waals surface area contributed by atoms with Crippen molar-refractivity contribution in [1.82, 2.24) is 0 Å². The van der Waals surface area contributed by atoms with Crippen molar-refractivity contribution >= 4 is 39.5 Å². The van der Waals surface area contributed by atoms with E-state index in [0.29, 0.717) is 11.5 Å². The molecular weight excluding hydrogens is 492 g/mol. The molecule has 0 aliphatic carbocycles. The summed E-state index contributed by atoms with van der Waals surface area (Å²) in [6.07, 6.45) is 7.42. The highest BCUT2D eigenvalue weighted by molar-refractivity contribution is 6.05. The molecule has 0 spiro atoms. The SMILES string of the molecule is COc1c(C)c(/C=C/C(=O)/C=C(O)/C=C/c2c(C)c(OC)c3ccccc3c2OC)c(OC)c2ccccc12. The van der Waals surface area contributed by atoms with Gasteiger partial charge in [-0.3, -0.25) is 4.79 Å². The van der Waals surface area contributed by atoms with E-state index in [0.717, 1.165) is 61.4 Å². The second-order valence-corrected chi connectivity index (χ2v) is 8.94. The lowest BCUT2D eigenvalue weighted by atomic mass is 9.97. The fourth-order valence-corrected chi connectivity index (χ4v) is 4.98. The van der Waals surface area contributed by atoms with Gasteiger partial charge in [0.25, 0.3) is 0 Å². The maximum atomic E-state index is 12.8. The number of methoxy groups -OCH3 is 4. The Morgan fingerprint density at radius 1 is 0.615 bits per heavy atom. The van der Waals surface area contributed by atoms with Crippen LogP contribution >= 0.6 is 0 Å². The normalized spacial score (nSPS) is 12.0. The minimum Gasteiger partial charge on any atom is -0.508 e. The molecule has 0 unspecified atom stereocenters. The number of aliphatic hydroxyl groups is 1. The second-order valence-electron chi connectivity index (χ2n) is 8.94. The number of carbonyl (C=O) groups excluding carboxylic acids is 1. The molecule has 1 N–H and O–H groups in total. The predicted molar refractivity (Wildman–Crippen MR) is 157 cm³/mol. The first-order valence-electron chi connectivity index (χ1n) is 12.4. The number of carbonyl (C=O) groups is 1. The number of hydrogen-bond donors (Lipinski definition) is 1. The average molecular weight is 525 g/mol. The molecule has 0 aromatic heterocycles. The average Bonchev–Trinajstić information content (AvgIpc) is 2.94. The summed E-state index contributed by atoms with van der Waals surface area (Å²) >= 11 is 0. The van der Waals surface area contributed by atoms with E-state index in [9.17, 15) is 9.90 Å². The van der Waals surface area contributed by atoms with E-state index >= 15 is 0 Å². The van der Waals surface area contributed by atoms with E-state index < -0.39 is 0 Å². The van der Waals surface area contributed by atoms with E-state index in [4.69, 9.17) is 18.9 Å². The van der Waals surface area contributed by atoms with E-state index in [1.807, 2.05) is 62.4 Å². The lowest BCUT2D eigenvalue weighted by Crippen LogP contribution is -1.98. The number of aliphatic hydroxyl groups excluding tert-OH is 1. The van der Waals surface area contributed by atoms with Gasteiger partial charge in [-0.05, 0) is 38.2 Å². The van der Waals surface area contributed by atoms with Crippen molar-refractivity contribution in [1.29, 1.82) is 0 Å². The molecule has 0 radical (unpaired) electrons. The van der Waals surface area contributed by atoms with E-state index in [-0.39, 0.29) is 11.5 Å². The third-order valence-corrected chi connectivity index (χ3v) is 6.75. The highest BCUT2D eigenvalue weighted by Gasteiger charge is 2.18. The van der Waals surface area contributed by atoms with Crippen molar-refractivity contribution in [3.05, 3.63) is 94.8 Å². The first kappa shape index (κ1) is 27.3. The summed E-state index contributed by atoms with van der Waals surface area (Å²) in [5.74, 6) is 2.17. The molecule has 39 heavy (non-hydrogen) atoms. The number of ketones is 1. The molecule has 0 atom stereocenters. The summed E-state index contributed by atoms with van der Waals surface area (Å²) in [6.45, 7) is 3.84. The zero-order chi connectivity index (χ0) is 28.1. The Morgan fingerprint density at radius 3 is 1.36 bits per heavy atom. The van der Waals surface area contributed by atoms with Crippen LogP contribution in [0.1, 0.15) is 22.3 Å². The molecule has 0 fully saturated rings. The molecule has 0 aliphatic rings. The Hall–Kier alpha value is -4.71. The van der Waals surface area contributed by atoms with Gasteiger partial charge in [0.2, 0.25) is 0 Å². The molecule has 6 nitrogen and oxygen atoms in total. The lowest BCUT2D eigenvalue weighted by molar-refractivity contribution is -0.110. The van der Waals surface area contributed by atoms with Crippen LogP contribution in [0, 0.1) is 13.8 Å². The van der Waals surface area contributed by atoms with Crippen LogP contribution < -0.4 is 18.9 Å². The summed E-state index contributed by atoms with van der Waals surface area (Å²) in [5, 5.41) is 14.2. The Bertz CT molecular complexity index is 1640. The molecule has 200 valence electrons. The van der Waals surface area contributed by atoms with Crippen LogP contribution in [0.3, 0.4) is 0 Å². The predicted octanol–water partition coefficient (Wildman–Crippen LogP) is 7.38. The van der Waals surface area contributed by atoms with E-state index in [1.165, 1.54) is 12.2 Å². The van der Waals surface area contributed by atoms with E-state index in [2.05, 4.69) is 0 Å². The third-order valence-electron chi connectivity index (χ3n) is 6.75. The van der Waals surface area contributed by atoms with Crippen LogP contribution in [0.5, 0.6) is 23.0 Å². The molecule has 4 aromatic carbocycles. The number of rotatable bonds is 9. The monoisotopic (exact) mass is 524 g/mol. The Morgan fingerprint density at radius 2 is 0.974 bits per heavy atom. The minimum absolute atomic E-state index is 0.196. The fraction of sp³-hybridized carbons (Fsp3) is 0.182. The van der Waals surface area contributed by atoms with E-state index in [1.54, 1.807) is 40.6 Å². The van der Waals surface area contributed by atoms with Gasteiger partial charge in [0.05, 0.1) is 28.4 Å². The number of hydrogen-bond acceptors (Lipinski definition) is 6. The summed E-state index contributed by atoms with van der Waals surface area (Å²) in [5.41, 5.74) is 3.18. The molecule has 6 heteroatoms. The Labute approximate surface area is 228 Å². The smallest absolute Gasteiger partial charge is 0.182 e. The summed E-state index contributed by atoms with van der Waals surface area (Å²) in [4.78, 5) is 12.8. The first-order chi connectivity index (χ1) is 18.9. The van der Waals surface area contributed by atoms with Crippen LogP contribution in [0.4, 0.5) is 0 Å². The highest BCUT2D eigenvalue weighted by Crippen LogP contribution is 2.42. The van der Waals surface area contributed by atoms with Gasteiger partial charge in [-0.15, -0.1) is 0 Å². The van der Waals surface area contributed by atoms with Crippen LogP contribution in [-0.4, -0.2) is 39.3 Å². The zero-order valence-corrected chi connectivity index (χ0v) is 23.0. The van der Waals surface area contributed by atoms with Gasteiger partial charge in [-0.1, -0.05) is 48.5 Å². The Kier molecular flexibility index (Phi) is 8.25. The number of fused-ring (bicyclic) bond motifs is 2. The largest absolute Gasteiger partial charge is 0.508 e. The van der Waals surface area contributed by atoms with Crippen molar-refractivity contribution in [2.45, 2.75) is 13.8 Å². The molecule has 0 saturated carbocycles. The quantitative estimate of drug-likeness (QED) is 0.140. The summed E-state index contributed by atoms with van der Waals surface area (Å²) < 4.78 is 22.7. The number of ether oxygens (including phenoxy) is 4. The Balaban J connectivity index is 1.67. The number of allylic oxidation sites excluding steroid dienone is 3. The lowest BCUT2D eigenvalue weighted by Gasteiger charge is -2.17. The molecule has 4 aromatic rings. The number of benzene rings is 4. The molecule has 0 aliphatic heterocycles. The van der Waals surface area contributed by atoms with Gasteiger partial charge in [0, 0.05) is 49.9 Å². The third kappa shape index (κ3) is 5.18. The maximum Gasteiger partial charge on any atom is 0.182 e. The summed E-state index contributed by atoms with van der Waals surface area (Å²) in [7, 11) is 6.45. The maximum absolute atomic E-state index is 12.8. The topological polar surface area (TPSA) is 74.2 Å². The molecule has 0 saturated heterocycles. The van der Waals surface area contributed by atoms with Crippen molar-refractivity contribution in [3.8, 4) is 23.0 Å². The molecule has 0 heterocycles. The zero-order valence-electron chi connectivity index (χ0n) is 23.0. The molecular formula is C33H32O6. The van der Waals surface area contributed by atoms with Crippen molar-refractivity contribution < 1.29 is 28.8 Å². The van der Waals surface area contributed by atoms with Gasteiger partial charge in [-0.2, -0.15) is 0 Å². The first-order valence-corrected chi connectivity index (χ1v) is 12.4. The van der Waals surface area contributed by atoms with Crippen LogP contribution in [0.2, 0.25) is 0 Å². The van der Waals surface area contributed by atoms with Crippen LogP contribution in [0.25, 0.3) is 33.7 Å². The molecule has 0 bridgehead atoms. The van der Waals surface area contributed by atoms with Crippen molar-refractivity contribution in [2.24, 2.45) is 0 Å². The molecule has 0 amide bonds. The standard InChI is InChI=1S/C33H32O6/c1-20-24(32(38-5)28-13-9-7-11-26(28)30(20)36-3)17-15-22(34)19-23(35)16-18-25-21(2)31(37-4)27-12-8-10-14-29(27)33(25)39-6/h7-19,34H,1-6H3/b17-15+,18-16+,22-19-. The van der Waals surface area contributed by atoms with Crippen molar-refractivity contribution in [3.63, 3.8) is 0 Å². The van der Waals surface area contributed by atoms with Crippen LogP contribution in [0.15, 0.2) is 72.5 Å². The van der Waals surface area contributed by atoms with Gasteiger partial charge in [0.1, 0.15) is 28.8 Å². The van der Waals surface area contributed by atoms with Gasteiger partial charge < -0.3 is 24.1 Å². The van der Waals surface area contributed by atoms with Gasteiger partial charge >= 0.3 is 0 Å². The minimum atomic E-state index is -0.384.